The summed E-state index contributed by atoms with van der Waals surface area (Å²) in [4.78, 5) is 4.53. The number of sulfonamides is 1. The Morgan fingerprint density at radius 1 is 1.30 bits per heavy atom. The highest BCUT2D eigenvalue weighted by Crippen LogP contribution is 2.21. The summed E-state index contributed by atoms with van der Waals surface area (Å²) in [6.07, 6.45) is 0.774. The molecule has 7 heteroatoms. The smallest absolute Gasteiger partial charge is 0.242 e. The van der Waals surface area contributed by atoms with Crippen molar-refractivity contribution in [2.45, 2.75) is 18.2 Å². The summed E-state index contributed by atoms with van der Waals surface area (Å²) in [5.74, 6) is 5.84. The number of anilines is 1. The van der Waals surface area contributed by atoms with Gasteiger partial charge in [-0.1, -0.05) is 6.92 Å². The van der Waals surface area contributed by atoms with Crippen LogP contribution >= 0.6 is 0 Å². The maximum absolute atomic E-state index is 12.4. The zero-order valence-electron chi connectivity index (χ0n) is 11.5. The number of hydrazine groups is 1. The van der Waals surface area contributed by atoms with Crippen molar-refractivity contribution in [2.24, 2.45) is 5.84 Å². The lowest BCUT2D eigenvalue weighted by Crippen LogP contribution is -2.27. The van der Waals surface area contributed by atoms with E-state index in [2.05, 4.69) is 10.4 Å². The molecule has 0 fully saturated rings. The van der Waals surface area contributed by atoms with Crippen LogP contribution in [0.4, 0.5) is 5.82 Å². The molecule has 0 amide bonds. The van der Waals surface area contributed by atoms with Gasteiger partial charge in [0, 0.05) is 19.0 Å². The predicted molar refractivity (Wildman–Crippen MR) is 79.7 cm³/mol. The molecule has 1 aromatic carbocycles. The molecule has 0 radical (unpaired) electrons. The van der Waals surface area contributed by atoms with Gasteiger partial charge in [0.25, 0.3) is 0 Å². The van der Waals surface area contributed by atoms with E-state index in [4.69, 9.17) is 5.84 Å². The van der Waals surface area contributed by atoms with Crippen LogP contribution in [-0.4, -0.2) is 31.3 Å². The fourth-order valence-corrected chi connectivity index (χ4v) is 3.26. The quantitative estimate of drug-likeness (QED) is 0.645. The summed E-state index contributed by atoms with van der Waals surface area (Å²) in [6.45, 7) is 2.44. The van der Waals surface area contributed by atoms with Gasteiger partial charge in [-0.25, -0.2) is 23.5 Å². The van der Waals surface area contributed by atoms with Gasteiger partial charge >= 0.3 is 0 Å². The minimum atomic E-state index is -3.44. The normalized spacial score (nSPS) is 12.0. The summed E-state index contributed by atoms with van der Waals surface area (Å²) >= 11 is 0. The van der Waals surface area contributed by atoms with E-state index in [9.17, 15) is 8.42 Å². The number of pyridine rings is 1. The Balaban J connectivity index is 2.46. The Hall–Kier alpha value is -1.70. The highest BCUT2D eigenvalue weighted by atomic mass is 32.2. The molecule has 1 aromatic heterocycles. The number of nitrogens with two attached hydrogens (primary N) is 1. The molecular weight excluding hydrogens is 276 g/mol. The maximum Gasteiger partial charge on any atom is 0.242 e. The first-order chi connectivity index (χ1) is 9.48. The zero-order chi connectivity index (χ0) is 14.8. The second-order valence-electron chi connectivity index (χ2n) is 4.52. The van der Waals surface area contributed by atoms with Crippen molar-refractivity contribution >= 4 is 26.7 Å². The summed E-state index contributed by atoms with van der Waals surface area (Å²) in [6, 6.07) is 8.37. The number of nitrogens with one attached hydrogen (secondary N) is 1. The van der Waals surface area contributed by atoms with Crippen LogP contribution in [0.2, 0.25) is 0 Å². The van der Waals surface area contributed by atoms with E-state index in [1.807, 2.05) is 6.92 Å². The van der Waals surface area contributed by atoms with Crippen LogP contribution in [0.3, 0.4) is 0 Å². The van der Waals surface area contributed by atoms with Crippen LogP contribution in [0.15, 0.2) is 35.2 Å². The SMILES string of the molecule is CCCN(C)S(=O)(=O)c1ccc2nc(NN)ccc2c1. The average molecular weight is 294 g/mol. The number of fused-ring (bicyclic) bond motifs is 1. The number of nitrogen functional groups attached to an aromatic ring is 1. The van der Waals surface area contributed by atoms with Gasteiger partial charge in [0.05, 0.1) is 10.4 Å². The predicted octanol–water partition coefficient (Wildman–Crippen LogP) is 1.55. The van der Waals surface area contributed by atoms with Crippen molar-refractivity contribution < 1.29 is 8.42 Å². The van der Waals surface area contributed by atoms with E-state index >= 15 is 0 Å². The van der Waals surface area contributed by atoms with Crippen molar-refractivity contribution in [3.8, 4) is 0 Å². The van der Waals surface area contributed by atoms with Gasteiger partial charge < -0.3 is 5.43 Å². The third-order valence-corrected chi connectivity index (χ3v) is 4.91. The van der Waals surface area contributed by atoms with Gasteiger partial charge in [-0.2, -0.15) is 0 Å². The number of aromatic nitrogens is 1. The third-order valence-electron chi connectivity index (χ3n) is 3.06. The summed E-state index contributed by atoms with van der Waals surface area (Å²) in [5.41, 5.74) is 3.15. The third kappa shape index (κ3) is 2.74. The Labute approximate surface area is 118 Å². The molecule has 2 aromatic rings. The highest BCUT2D eigenvalue weighted by Gasteiger charge is 2.20. The first kappa shape index (κ1) is 14.7. The number of benzene rings is 1. The first-order valence-corrected chi connectivity index (χ1v) is 7.77. The molecule has 1 heterocycles. The second-order valence-corrected chi connectivity index (χ2v) is 6.57. The second kappa shape index (κ2) is 5.74. The van der Waals surface area contributed by atoms with Gasteiger partial charge in [-0.15, -0.1) is 0 Å². The Kier molecular flexibility index (Phi) is 4.22. The lowest BCUT2D eigenvalue weighted by molar-refractivity contribution is 0.468. The molecule has 0 spiro atoms. The van der Waals surface area contributed by atoms with Gasteiger partial charge in [0.15, 0.2) is 0 Å². The summed E-state index contributed by atoms with van der Waals surface area (Å²) < 4.78 is 26.1. The molecule has 0 atom stereocenters. The molecule has 3 N–H and O–H groups in total. The fourth-order valence-electron chi connectivity index (χ4n) is 1.96. The Morgan fingerprint density at radius 3 is 2.70 bits per heavy atom. The fraction of sp³-hybridized carbons (Fsp3) is 0.308. The minimum absolute atomic E-state index is 0.274. The van der Waals surface area contributed by atoms with Gasteiger partial charge in [-0.05, 0) is 36.8 Å². The standard InChI is InChI=1S/C13H18N4O2S/c1-3-8-17(2)20(18,19)11-5-6-12-10(9-11)4-7-13(15-12)16-14/h4-7,9H,3,8,14H2,1-2H3,(H,15,16). The monoisotopic (exact) mass is 294 g/mol. The lowest BCUT2D eigenvalue weighted by Gasteiger charge is -2.16. The van der Waals surface area contributed by atoms with Crippen molar-refractivity contribution in [2.75, 3.05) is 19.0 Å². The summed E-state index contributed by atoms with van der Waals surface area (Å²) in [7, 11) is -1.86. The van der Waals surface area contributed by atoms with Crippen LogP contribution in [0.25, 0.3) is 10.9 Å². The lowest BCUT2D eigenvalue weighted by atomic mass is 10.2. The Morgan fingerprint density at radius 2 is 2.05 bits per heavy atom. The van der Waals surface area contributed by atoms with Crippen molar-refractivity contribution in [1.82, 2.24) is 9.29 Å². The van der Waals surface area contributed by atoms with Crippen LogP contribution in [-0.2, 0) is 10.0 Å². The molecule has 0 aliphatic rings. The molecule has 0 saturated carbocycles. The van der Waals surface area contributed by atoms with Gasteiger partial charge in [0.1, 0.15) is 5.82 Å². The molecular formula is C13H18N4O2S. The molecule has 0 unspecified atom stereocenters. The van der Waals surface area contributed by atoms with E-state index in [0.29, 0.717) is 17.9 Å². The van der Waals surface area contributed by atoms with E-state index in [0.717, 1.165) is 11.8 Å². The molecule has 0 aliphatic carbocycles. The van der Waals surface area contributed by atoms with Crippen LogP contribution in [0.1, 0.15) is 13.3 Å². The van der Waals surface area contributed by atoms with Crippen LogP contribution in [0, 0.1) is 0 Å². The van der Waals surface area contributed by atoms with Gasteiger partial charge in [-0.3, -0.25) is 0 Å². The van der Waals surface area contributed by atoms with E-state index in [1.165, 1.54) is 4.31 Å². The largest absolute Gasteiger partial charge is 0.308 e. The molecule has 0 saturated heterocycles. The minimum Gasteiger partial charge on any atom is -0.308 e. The van der Waals surface area contributed by atoms with E-state index < -0.39 is 10.0 Å². The van der Waals surface area contributed by atoms with Crippen LogP contribution < -0.4 is 11.3 Å². The number of hydrogen-bond donors (Lipinski definition) is 2. The summed E-state index contributed by atoms with van der Waals surface area (Å²) in [5, 5.41) is 0.759. The zero-order valence-corrected chi connectivity index (χ0v) is 12.3. The van der Waals surface area contributed by atoms with E-state index in [-0.39, 0.29) is 4.90 Å². The molecule has 6 nitrogen and oxygen atoms in total. The average Bonchev–Trinajstić information content (AvgIpc) is 2.46. The van der Waals surface area contributed by atoms with Crippen LogP contribution in [0.5, 0.6) is 0 Å². The van der Waals surface area contributed by atoms with Crippen molar-refractivity contribution in [1.29, 1.82) is 0 Å². The number of rotatable bonds is 5. The van der Waals surface area contributed by atoms with Crippen molar-refractivity contribution in [3.63, 3.8) is 0 Å². The number of hydrogen-bond acceptors (Lipinski definition) is 5. The van der Waals surface area contributed by atoms with Gasteiger partial charge in [0.2, 0.25) is 10.0 Å². The van der Waals surface area contributed by atoms with E-state index in [1.54, 1.807) is 37.4 Å². The molecule has 0 aliphatic heterocycles. The topological polar surface area (TPSA) is 88.3 Å². The molecule has 20 heavy (non-hydrogen) atoms. The maximum atomic E-state index is 12.4. The Bertz CT molecular complexity index is 715. The van der Waals surface area contributed by atoms with Crippen molar-refractivity contribution in [3.05, 3.63) is 30.3 Å². The highest BCUT2D eigenvalue weighted by molar-refractivity contribution is 7.89. The molecule has 2 rings (SSSR count). The molecule has 108 valence electrons. The molecule has 0 bridgehead atoms. The number of nitrogens with zero attached hydrogens (tertiary/aromatic N) is 2. The first-order valence-electron chi connectivity index (χ1n) is 6.33.